The van der Waals surface area contributed by atoms with Crippen molar-refractivity contribution < 1.29 is 31.9 Å². The van der Waals surface area contributed by atoms with E-state index in [0.29, 0.717) is 48.4 Å². The van der Waals surface area contributed by atoms with E-state index in [1.807, 2.05) is 6.92 Å². The molecule has 0 aromatic heterocycles. The number of rotatable bonds is 7. The number of nitrogens with zero attached hydrogens (tertiary/aromatic N) is 2. The van der Waals surface area contributed by atoms with Gasteiger partial charge in [0.05, 0.1) is 28.9 Å². The SMILES string of the molecule is CC1(NC(=O)c2ccc3c(c2)C(C)(C)C(=O)N3c2cccc(OC(F)F)c2)CCCN(CC(F)F)C1. The number of carbonyl (C=O) groups is 2. The van der Waals surface area contributed by atoms with Crippen molar-refractivity contribution >= 4 is 23.2 Å². The van der Waals surface area contributed by atoms with Crippen molar-refractivity contribution in [1.82, 2.24) is 10.2 Å². The summed E-state index contributed by atoms with van der Waals surface area (Å²) in [7, 11) is 0. The second kappa shape index (κ2) is 9.72. The van der Waals surface area contributed by atoms with Gasteiger partial charge in [-0.25, -0.2) is 8.78 Å². The van der Waals surface area contributed by atoms with Crippen LogP contribution in [0.15, 0.2) is 42.5 Å². The maximum atomic E-state index is 13.4. The van der Waals surface area contributed by atoms with Gasteiger partial charge in [0.15, 0.2) is 0 Å². The van der Waals surface area contributed by atoms with E-state index >= 15 is 0 Å². The van der Waals surface area contributed by atoms with Crippen molar-refractivity contribution in [2.24, 2.45) is 0 Å². The number of hydrogen-bond donors (Lipinski definition) is 1. The van der Waals surface area contributed by atoms with Crippen LogP contribution in [0.3, 0.4) is 0 Å². The summed E-state index contributed by atoms with van der Waals surface area (Å²) in [6.07, 6.45) is -1.08. The minimum Gasteiger partial charge on any atom is -0.435 e. The molecule has 1 atom stereocenters. The van der Waals surface area contributed by atoms with Gasteiger partial charge in [0, 0.05) is 18.2 Å². The van der Waals surface area contributed by atoms with Crippen LogP contribution in [-0.2, 0) is 10.2 Å². The quantitative estimate of drug-likeness (QED) is 0.531. The van der Waals surface area contributed by atoms with Gasteiger partial charge in [-0.2, -0.15) is 8.78 Å². The molecule has 1 N–H and O–H groups in total. The molecule has 2 aliphatic heterocycles. The Labute approximate surface area is 207 Å². The smallest absolute Gasteiger partial charge is 0.387 e. The standard InChI is InChI=1S/C26H29F4N3O3/c1-25(2)19-12-16(22(34)31-26(3)10-5-11-32(15-26)14-21(27)28)8-9-20(19)33(23(25)35)17-6-4-7-18(13-17)36-24(29)30/h4,6-9,12-13,21,24H,5,10-11,14-15H2,1-3H3,(H,31,34). The van der Waals surface area contributed by atoms with Crippen LogP contribution in [0.25, 0.3) is 0 Å². The van der Waals surface area contributed by atoms with E-state index in [4.69, 9.17) is 0 Å². The molecule has 2 aromatic rings. The second-order valence-electron chi connectivity index (χ2n) is 10.1. The van der Waals surface area contributed by atoms with E-state index in [-0.39, 0.29) is 24.1 Å². The number of alkyl halides is 4. The molecular weight excluding hydrogens is 478 g/mol. The summed E-state index contributed by atoms with van der Waals surface area (Å²) in [4.78, 5) is 29.6. The monoisotopic (exact) mass is 507 g/mol. The van der Waals surface area contributed by atoms with Gasteiger partial charge in [0.2, 0.25) is 5.91 Å². The first-order valence-corrected chi connectivity index (χ1v) is 11.8. The van der Waals surface area contributed by atoms with Gasteiger partial charge < -0.3 is 10.1 Å². The van der Waals surface area contributed by atoms with Crippen molar-refractivity contribution in [3.8, 4) is 5.75 Å². The van der Waals surface area contributed by atoms with E-state index < -0.39 is 24.0 Å². The maximum absolute atomic E-state index is 13.4. The lowest BCUT2D eigenvalue weighted by atomic mass is 9.85. The Morgan fingerprint density at radius 2 is 1.86 bits per heavy atom. The number of carbonyl (C=O) groups excluding carboxylic acids is 2. The number of anilines is 2. The average molecular weight is 508 g/mol. The minimum absolute atomic E-state index is 0.0702. The number of nitrogens with one attached hydrogen (secondary N) is 1. The first kappa shape index (κ1) is 25.9. The van der Waals surface area contributed by atoms with Gasteiger partial charge in [-0.15, -0.1) is 0 Å². The van der Waals surface area contributed by atoms with Crippen molar-refractivity contribution in [2.45, 2.75) is 57.6 Å². The molecular formula is C26H29F4N3O3. The highest BCUT2D eigenvalue weighted by molar-refractivity contribution is 6.13. The van der Waals surface area contributed by atoms with E-state index in [0.717, 1.165) is 0 Å². The Hall–Kier alpha value is -3.14. The molecule has 36 heavy (non-hydrogen) atoms. The lowest BCUT2D eigenvalue weighted by Crippen LogP contribution is -2.57. The predicted octanol–water partition coefficient (Wildman–Crippen LogP) is 5.09. The molecule has 1 saturated heterocycles. The number of halogens is 4. The van der Waals surface area contributed by atoms with E-state index in [1.54, 1.807) is 43.0 Å². The van der Waals surface area contributed by atoms with Crippen molar-refractivity contribution in [2.75, 3.05) is 24.5 Å². The summed E-state index contributed by atoms with van der Waals surface area (Å²) in [6.45, 7) is 2.88. The Balaban J connectivity index is 1.59. The molecule has 2 amide bonds. The summed E-state index contributed by atoms with van der Waals surface area (Å²) in [5, 5.41) is 3.00. The first-order valence-electron chi connectivity index (χ1n) is 11.8. The Kier molecular flexibility index (Phi) is 7.01. The van der Waals surface area contributed by atoms with Gasteiger partial charge >= 0.3 is 6.61 Å². The fourth-order valence-corrected chi connectivity index (χ4v) is 5.08. The molecule has 1 fully saturated rings. The van der Waals surface area contributed by atoms with Crippen LogP contribution in [0.4, 0.5) is 28.9 Å². The molecule has 1 unspecified atom stereocenters. The zero-order valence-corrected chi connectivity index (χ0v) is 20.4. The molecule has 2 aromatic carbocycles. The third-order valence-corrected chi connectivity index (χ3v) is 6.80. The zero-order valence-electron chi connectivity index (χ0n) is 20.4. The predicted molar refractivity (Wildman–Crippen MR) is 127 cm³/mol. The van der Waals surface area contributed by atoms with Crippen LogP contribution in [0, 0.1) is 0 Å². The second-order valence-corrected chi connectivity index (χ2v) is 10.1. The molecule has 2 heterocycles. The highest BCUT2D eigenvalue weighted by Gasteiger charge is 2.45. The average Bonchev–Trinajstić information content (AvgIpc) is 2.98. The molecule has 10 heteroatoms. The van der Waals surface area contributed by atoms with Gasteiger partial charge in [-0.3, -0.25) is 19.4 Å². The minimum atomic E-state index is -2.99. The number of hydrogen-bond acceptors (Lipinski definition) is 4. The lowest BCUT2D eigenvalue weighted by Gasteiger charge is -2.41. The first-order chi connectivity index (χ1) is 16.9. The van der Waals surface area contributed by atoms with E-state index in [2.05, 4.69) is 10.1 Å². The van der Waals surface area contributed by atoms with Crippen LogP contribution in [-0.4, -0.2) is 54.9 Å². The number of benzene rings is 2. The topological polar surface area (TPSA) is 61.9 Å². The fraction of sp³-hybridized carbons (Fsp3) is 0.462. The third kappa shape index (κ3) is 5.18. The number of piperidine rings is 1. The molecule has 0 aliphatic carbocycles. The molecule has 2 aliphatic rings. The van der Waals surface area contributed by atoms with Crippen molar-refractivity contribution in [3.05, 3.63) is 53.6 Å². The van der Waals surface area contributed by atoms with Gasteiger partial charge in [-0.1, -0.05) is 6.07 Å². The summed E-state index contributed by atoms with van der Waals surface area (Å²) >= 11 is 0. The molecule has 6 nitrogen and oxygen atoms in total. The van der Waals surface area contributed by atoms with Crippen LogP contribution in [0.5, 0.6) is 5.75 Å². The largest absolute Gasteiger partial charge is 0.435 e. The van der Waals surface area contributed by atoms with Crippen LogP contribution in [0.2, 0.25) is 0 Å². The molecule has 194 valence electrons. The molecule has 0 saturated carbocycles. The van der Waals surface area contributed by atoms with Crippen LogP contribution >= 0.6 is 0 Å². The molecule has 4 rings (SSSR count). The third-order valence-electron chi connectivity index (χ3n) is 6.80. The van der Waals surface area contributed by atoms with E-state index in [1.165, 1.54) is 23.1 Å². The van der Waals surface area contributed by atoms with Gasteiger partial charge in [0.25, 0.3) is 12.3 Å². The number of amides is 2. The summed E-state index contributed by atoms with van der Waals surface area (Å²) in [5.74, 6) is -0.696. The maximum Gasteiger partial charge on any atom is 0.387 e. The van der Waals surface area contributed by atoms with Gasteiger partial charge in [0.1, 0.15) is 5.75 Å². The number of likely N-dealkylation sites (tertiary alicyclic amines) is 1. The highest BCUT2D eigenvalue weighted by atomic mass is 19.3. The summed E-state index contributed by atoms with van der Waals surface area (Å²) in [6, 6.07) is 10.8. The number of fused-ring (bicyclic) bond motifs is 1. The van der Waals surface area contributed by atoms with Crippen molar-refractivity contribution in [3.63, 3.8) is 0 Å². The van der Waals surface area contributed by atoms with Crippen molar-refractivity contribution in [1.29, 1.82) is 0 Å². The Bertz CT molecular complexity index is 1160. The zero-order chi connectivity index (χ0) is 26.3. The number of ether oxygens (including phenoxy) is 1. The molecule has 0 radical (unpaired) electrons. The Morgan fingerprint density at radius 1 is 1.11 bits per heavy atom. The van der Waals surface area contributed by atoms with Gasteiger partial charge in [-0.05, 0) is 76.1 Å². The fourth-order valence-electron chi connectivity index (χ4n) is 5.08. The summed E-state index contributed by atoms with van der Waals surface area (Å²) < 4.78 is 55.6. The normalized spacial score (nSPS) is 21.7. The summed E-state index contributed by atoms with van der Waals surface area (Å²) in [5.41, 5.74) is 0.241. The molecule has 0 bridgehead atoms. The van der Waals surface area contributed by atoms with E-state index in [9.17, 15) is 27.2 Å². The van der Waals surface area contributed by atoms with Crippen LogP contribution < -0.4 is 15.0 Å². The Morgan fingerprint density at radius 3 is 2.56 bits per heavy atom. The molecule has 0 spiro atoms. The highest BCUT2D eigenvalue weighted by Crippen LogP contribution is 2.46. The van der Waals surface area contributed by atoms with Crippen LogP contribution in [0.1, 0.15) is 49.5 Å². The lowest BCUT2D eigenvalue weighted by molar-refractivity contribution is -0.121.